The number of hydrogen-bond acceptors (Lipinski definition) is 6. The third kappa shape index (κ3) is 64.5. The van der Waals surface area contributed by atoms with E-state index in [1.165, 1.54) is 283 Å². The molecule has 0 amide bonds. The van der Waals surface area contributed by atoms with Gasteiger partial charge in [-0.05, 0) is 96.3 Å². The number of carbonyl (C=O) groups excluding carboxylic acids is 3. The average Bonchev–Trinajstić information content (AvgIpc) is 3.44. The lowest BCUT2D eigenvalue weighted by Crippen LogP contribution is -2.30. The highest BCUT2D eigenvalue weighted by Crippen LogP contribution is 2.18. The number of hydrogen-bond donors (Lipinski definition) is 0. The molecule has 6 nitrogen and oxygen atoms in total. The molecule has 0 heterocycles. The van der Waals surface area contributed by atoms with E-state index in [-0.39, 0.29) is 31.1 Å². The van der Waals surface area contributed by atoms with E-state index in [0.717, 1.165) is 64.2 Å². The van der Waals surface area contributed by atoms with E-state index in [1.54, 1.807) is 0 Å². The van der Waals surface area contributed by atoms with Crippen LogP contribution in [0.2, 0.25) is 0 Å². The smallest absolute Gasteiger partial charge is 0.306 e. The van der Waals surface area contributed by atoms with E-state index in [1.807, 2.05) is 0 Å². The molecule has 0 saturated carbocycles. The minimum atomic E-state index is -0.777. The Bertz CT molecular complexity index is 1300. The number of allylic oxidation sites excluding steroid dienone is 6. The molecule has 0 bridgehead atoms. The van der Waals surface area contributed by atoms with Gasteiger partial charge in [-0.2, -0.15) is 0 Å². The second-order valence-corrected chi connectivity index (χ2v) is 23.8. The van der Waals surface area contributed by atoms with Crippen molar-refractivity contribution in [1.29, 1.82) is 0 Å². The summed E-state index contributed by atoms with van der Waals surface area (Å²) in [5.41, 5.74) is 0. The Balaban J connectivity index is 4.25. The Hall–Kier alpha value is -2.37. The topological polar surface area (TPSA) is 78.9 Å². The van der Waals surface area contributed by atoms with E-state index in [0.29, 0.717) is 19.3 Å². The molecule has 0 aromatic heterocycles. The van der Waals surface area contributed by atoms with E-state index < -0.39 is 6.10 Å². The Labute approximate surface area is 486 Å². The molecule has 0 N–H and O–H groups in total. The summed E-state index contributed by atoms with van der Waals surface area (Å²) in [4.78, 5) is 38.4. The van der Waals surface area contributed by atoms with Crippen LogP contribution in [0.3, 0.4) is 0 Å². The van der Waals surface area contributed by atoms with Crippen LogP contribution in [0.1, 0.15) is 387 Å². The first-order valence-corrected chi connectivity index (χ1v) is 35.0. The van der Waals surface area contributed by atoms with Crippen LogP contribution in [0.4, 0.5) is 0 Å². The van der Waals surface area contributed by atoms with Crippen molar-refractivity contribution in [3.05, 3.63) is 36.5 Å². The van der Waals surface area contributed by atoms with E-state index in [4.69, 9.17) is 14.2 Å². The highest BCUT2D eigenvalue weighted by molar-refractivity contribution is 5.71. The van der Waals surface area contributed by atoms with Gasteiger partial charge >= 0.3 is 17.9 Å². The molecule has 0 rings (SSSR count). The molecule has 0 aromatic carbocycles. The van der Waals surface area contributed by atoms with Gasteiger partial charge in [0.2, 0.25) is 0 Å². The summed E-state index contributed by atoms with van der Waals surface area (Å²) in [5, 5.41) is 0. The summed E-state index contributed by atoms with van der Waals surface area (Å²) in [7, 11) is 0. The van der Waals surface area contributed by atoms with Crippen molar-refractivity contribution in [2.45, 2.75) is 393 Å². The third-order valence-electron chi connectivity index (χ3n) is 15.8. The van der Waals surface area contributed by atoms with Crippen LogP contribution in [0, 0.1) is 0 Å². The fraction of sp³-hybridized carbons (Fsp3) is 0.875. The lowest BCUT2D eigenvalue weighted by atomic mass is 10.0. The van der Waals surface area contributed by atoms with Gasteiger partial charge in [0.25, 0.3) is 0 Å². The van der Waals surface area contributed by atoms with E-state index in [9.17, 15) is 14.4 Å². The second-order valence-electron chi connectivity index (χ2n) is 23.8. The molecule has 0 radical (unpaired) electrons. The van der Waals surface area contributed by atoms with Crippen LogP contribution in [-0.2, 0) is 28.6 Å². The molecule has 1 unspecified atom stereocenters. The molecule has 0 aliphatic rings. The highest BCUT2D eigenvalue weighted by atomic mass is 16.6. The molecule has 0 aliphatic heterocycles. The minimum Gasteiger partial charge on any atom is -0.462 e. The Kier molecular flexibility index (Phi) is 65.1. The highest BCUT2D eigenvalue weighted by Gasteiger charge is 2.19. The Morgan fingerprint density at radius 1 is 0.244 bits per heavy atom. The summed E-state index contributed by atoms with van der Waals surface area (Å²) in [6.07, 6.45) is 83.1. The summed E-state index contributed by atoms with van der Waals surface area (Å²) < 4.78 is 17.0. The van der Waals surface area contributed by atoms with Crippen LogP contribution < -0.4 is 0 Å². The molecule has 0 aromatic rings. The average molecular weight is 1100 g/mol. The van der Waals surface area contributed by atoms with Gasteiger partial charge in [-0.1, -0.05) is 308 Å². The number of esters is 3. The van der Waals surface area contributed by atoms with Gasteiger partial charge in [-0.25, -0.2) is 0 Å². The van der Waals surface area contributed by atoms with Gasteiger partial charge in [0.15, 0.2) is 6.10 Å². The molecule has 78 heavy (non-hydrogen) atoms. The SMILES string of the molecule is CCCCCCCC/C=C\CCCCCCCC(=O)OCC(COC(=O)CCCCCCCCCCCCCCCCC/C=C\CCCCCCCCCC)OC(=O)CCCCCCCCC/C=C\CCCCCCCCC. The molecule has 1 atom stereocenters. The second kappa shape index (κ2) is 67.1. The lowest BCUT2D eigenvalue weighted by Gasteiger charge is -2.18. The summed E-state index contributed by atoms with van der Waals surface area (Å²) in [6, 6.07) is 0. The zero-order valence-corrected chi connectivity index (χ0v) is 52.7. The van der Waals surface area contributed by atoms with Crippen molar-refractivity contribution >= 4 is 17.9 Å². The van der Waals surface area contributed by atoms with Crippen molar-refractivity contribution in [2.75, 3.05) is 13.2 Å². The van der Waals surface area contributed by atoms with Gasteiger partial charge in [0.1, 0.15) is 13.2 Å². The molecular formula is C72H134O6. The predicted octanol–water partition coefficient (Wildman–Crippen LogP) is 23.9. The molecule has 6 heteroatoms. The van der Waals surface area contributed by atoms with Crippen molar-refractivity contribution in [3.63, 3.8) is 0 Å². The normalized spacial score (nSPS) is 12.2. The summed E-state index contributed by atoms with van der Waals surface area (Å²) in [6.45, 7) is 6.69. The predicted molar refractivity (Wildman–Crippen MR) is 339 cm³/mol. The zero-order valence-electron chi connectivity index (χ0n) is 52.7. The zero-order chi connectivity index (χ0) is 56.4. The Morgan fingerprint density at radius 3 is 0.641 bits per heavy atom. The molecule has 0 fully saturated rings. The van der Waals surface area contributed by atoms with Gasteiger partial charge in [0.05, 0.1) is 0 Å². The summed E-state index contributed by atoms with van der Waals surface area (Å²) >= 11 is 0. The molecule has 458 valence electrons. The van der Waals surface area contributed by atoms with Gasteiger partial charge in [-0.3, -0.25) is 14.4 Å². The molecule has 0 spiro atoms. The first kappa shape index (κ1) is 75.6. The fourth-order valence-electron chi connectivity index (χ4n) is 10.5. The van der Waals surface area contributed by atoms with Gasteiger partial charge in [0, 0.05) is 19.3 Å². The standard InChI is InChI=1S/C72H134O6/c1-4-7-10-13-16-19-22-25-28-30-32-33-34-35-36-37-38-39-40-42-44-47-50-53-56-59-62-65-71(74)77-68-69(67-76-70(73)64-61-58-55-52-49-46-43-27-24-21-18-15-12-9-6-3)78-72(75)66-63-60-57-54-51-48-45-41-31-29-26-23-20-17-14-11-8-5-2/h27,29-32,43,69H,4-26,28,33-42,44-68H2,1-3H3/b31-29-,32-30-,43-27-. The maximum atomic E-state index is 12.9. The molecule has 0 saturated heterocycles. The van der Waals surface area contributed by atoms with Crippen LogP contribution in [0.15, 0.2) is 36.5 Å². The van der Waals surface area contributed by atoms with Crippen LogP contribution in [0.25, 0.3) is 0 Å². The van der Waals surface area contributed by atoms with Gasteiger partial charge in [-0.15, -0.1) is 0 Å². The number of rotatable bonds is 65. The molecular weight excluding hydrogens is 961 g/mol. The van der Waals surface area contributed by atoms with Crippen molar-refractivity contribution < 1.29 is 28.6 Å². The first-order chi connectivity index (χ1) is 38.5. The fourth-order valence-corrected chi connectivity index (χ4v) is 10.5. The van der Waals surface area contributed by atoms with Crippen molar-refractivity contribution in [3.8, 4) is 0 Å². The number of ether oxygens (including phenoxy) is 3. The quantitative estimate of drug-likeness (QED) is 0.0261. The van der Waals surface area contributed by atoms with Gasteiger partial charge < -0.3 is 14.2 Å². The minimum absolute atomic E-state index is 0.0725. The van der Waals surface area contributed by atoms with Crippen LogP contribution in [0.5, 0.6) is 0 Å². The maximum absolute atomic E-state index is 12.9. The van der Waals surface area contributed by atoms with Crippen LogP contribution >= 0.6 is 0 Å². The lowest BCUT2D eigenvalue weighted by molar-refractivity contribution is -0.167. The Morgan fingerprint density at radius 2 is 0.423 bits per heavy atom. The number of carbonyl (C=O) groups is 3. The van der Waals surface area contributed by atoms with Crippen molar-refractivity contribution in [2.24, 2.45) is 0 Å². The van der Waals surface area contributed by atoms with E-state index >= 15 is 0 Å². The third-order valence-corrected chi connectivity index (χ3v) is 15.8. The maximum Gasteiger partial charge on any atom is 0.306 e. The largest absolute Gasteiger partial charge is 0.462 e. The van der Waals surface area contributed by atoms with Crippen LogP contribution in [-0.4, -0.2) is 37.2 Å². The molecule has 0 aliphatic carbocycles. The van der Waals surface area contributed by atoms with E-state index in [2.05, 4.69) is 57.2 Å². The summed E-state index contributed by atoms with van der Waals surface area (Å²) in [5.74, 6) is -0.859. The number of unbranched alkanes of at least 4 members (excludes halogenated alkanes) is 48. The first-order valence-electron chi connectivity index (χ1n) is 35.0. The van der Waals surface area contributed by atoms with Crippen molar-refractivity contribution in [1.82, 2.24) is 0 Å². The monoisotopic (exact) mass is 1100 g/mol.